The van der Waals surface area contributed by atoms with E-state index in [1.807, 2.05) is 6.07 Å². The third-order valence-corrected chi connectivity index (χ3v) is 4.28. The van der Waals surface area contributed by atoms with Gasteiger partial charge in [-0.05, 0) is 37.7 Å². The van der Waals surface area contributed by atoms with Crippen molar-refractivity contribution in [2.45, 2.75) is 44.9 Å². The van der Waals surface area contributed by atoms with Crippen LogP contribution >= 0.6 is 0 Å². The molecular formula is C19H31N3O. The van der Waals surface area contributed by atoms with Crippen molar-refractivity contribution in [2.75, 3.05) is 32.8 Å². The highest BCUT2D eigenvalue weighted by atomic mass is 16.5. The molecule has 1 aliphatic rings. The Balaban J connectivity index is 1.49. The summed E-state index contributed by atoms with van der Waals surface area (Å²) in [6.07, 6.45) is 8.21. The summed E-state index contributed by atoms with van der Waals surface area (Å²) in [4.78, 5) is 6.76. The lowest BCUT2D eigenvalue weighted by Crippen LogP contribution is -2.38. The summed E-state index contributed by atoms with van der Waals surface area (Å²) in [5, 5.41) is 0. The highest BCUT2D eigenvalue weighted by Crippen LogP contribution is 2.09. The first-order chi connectivity index (χ1) is 11.4. The van der Waals surface area contributed by atoms with Gasteiger partial charge in [0.1, 0.15) is 0 Å². The second-order valence-electron chi connectivity index (χ2n) is 6.20. The number of hydrogen-bond donors (Lipinski definition) is 1. The van der Waals surface area contributed by atoms with Crippen LogP contribution in [0.3, 0.4) is 0 Å². The molecule has 4 heteroatoms. The zero-order chi connectivity index (χ0) is 16.2. The average Bonchev–Trinajstić information content (AvgIpc) is 2.87. The first-order valence-electron chi connectivity index (χ1n) is 9.03. The van der Waals surface area contributed by atoms with Crippen molar-refractivity contribution in [2.24, 2.45) is 10.7 Å². The molecule has 4 nitrogen and oxygen atoms in total. The number of benzene rings is 1. The number of hydrogen-bond acceptors (Lipinski definition) is 2. The fourth-order valence-corrected chi connectivity index (χ4v) is 2.85. The predicted octanol–water partition coefficient (Wildman–Crippen LogP) is 3.22. The van der Waals surface area contributed by atoms with E-state index >= 15 is 0 Å². The van der Waals surface area contributed by atoms with Gasteiger partial charge in [-0.1, -0.05) is 43.2 Å². The van der Waals surface area contributed by atoms with Gasteiger partial charge < -0.3 is 15.4 Å². The summed E-state index contributed by atoms with van der Waals surface area (Å²) in [5.41, 5.74) is 7.42. The molecule has 0 bridgehead atoms. The Bertz CT molecular complexity index is 439. The summed E-state index contributed by atoms with van der Waals surface area (Å²) in [7, 11) is 0. The average molecular weight is 317 g/mol. The minimum Gasteiger partial charge on any atom is -0.381 e. The third-order valence-electron chi connectivity index (χ3n) is 4.28. The molecule has 2 N–H and O–H groups in total. The lowest BCUT2D eigenvalue weighted by atomic mass is 10.2. The molecule has 2 rings (SSSR count). The van der Waals surface area contributed by atoms with Crippen molar-refractivity contribution in [3.05, 3.63) is 35.9 Å². The molecule has 1 aliphatic heterocycles. The lowest BCUT2D eigenvalue weighted by Gasteiger charge is -2.21. The maximum absolute atomic E-state index is 6.09. The molecule has 1 aromatic carbocycles. The molecule has 1 heterocycles. The normalized spacial score (nSPS) is 16.3. The molecule has 0 radical (unpaired) electrons. The number of unbranched alkanes of at least 4 members (excludes halogenated alkanes) is 1. The summed E-state index contributed by atoms with van der Waals surface area (Å²) < 4.78 is 5.69. The van der Waals surface area contributed by atoms with E-state index in [2.05, 4.69) is 34.2 Å². The Morgan fingerprint density at radius 2 is 1.74 bits per heavy atom. The Kier molecular flexibility index (Phi) is 8.56. The van der Waals surface area contributed by atoms with Gasteiger partial charge in [0.15, 0.2) is 5.96 Å². The summed E-state index contributed by atoms with van der Waals surface area (Å²) in [6, 6.07) is 10.5. The van der Waals surface area contributed by atoms with Gasteiger partial charge in [-0.2, -0.15) is 0 Å². The van der Waals surface area contributed by atoms with Crippen LogP contribution < -0.4 is 5.73 Å². The highest BCUT2D eigenvalue weighted by molar-refractivity contribution is 5.78. The second kappa shape index (κ2) is 11.1. The van der Waals surface area contributed by atoms with E-state index in [1.165, 1.54) is 31.2 Å². The van der Waals surface area contributed by atoms with Crippen molar-refractivity contribution in [3.63, 3.8) is 0 Å². The molecule has 1 fully saturated rings. The van der Waals surface area contributed by atoms with E-state index in [0.29, 0.717) is 0 Å². The SMILES string of the molecule is NC(=NCCCCOCCc1ccccc1)N1CCCCCC1. The molecule has 0 aromatic heterocycles. The molecule has 0 spiro atoms. The number of ether oxygens (including phenoxy) is 1. The monoisotopic (exact) mass is 317 g/mol. The van der Waals surface area contributed by atoms with Crippen molar-refractivity contribution in [1.29, 1.82) is 0 Å². The van der Waals surface area contributed by atoms with Gasteiger partial charge in [0.25, 0.3) is 0 Å². The fourth-order valence-electron chi connectivity index (χ4n) is 2.85. The van der Waals surface area contributed by atoms with Crippen molar-refractivity contribution in [3.8, 4) is 0 Å². The number of likely N-dealkylation sites (tertiary alicyclic amines) is 1. The van der Waals surface area contributed by atoms with Crippen LogP contribution in [-0.2, 0) is 11.2 Å². The van der Waals surface area contributed by atoms with Crippen LogP contribution in [-0.4, -0.2) is 43.7 Å². The topological polar surface area (TPSA) is 50.9 Å². The van der Waals surface area contributed by atoms with Crippen LogP contribution in [0.25, 0.3) is 0 Å². The summed E-state index contributed by atoms with van der Waals surface area (Å²) >= 11 is 0. The first kappa shape index (κ1) is 17.8. The van der Waals surface area contributed by atoms with Crippen molar-refractivity contribution in [1.82, 2.24) is 4.90 Å². The van der Waals surface area contributed by atoms with Crippen LogP contribution in [0.15, 0.2) is 35.3 Å². The quantitative estimate of drug-likeness (QED) is 0.455. The smallest absolute Gasteiger partial charge is 0.191 e. The van der Waals surface area contributed by atoms with Gasteiger partial charge in [-0.3, -0.25) is 4.99 Å². The minimum atomic E-state index is 0.733. The van der Waals surface area contributed by atoms with E-state index in [-0.39, 0.29) is 0 Å². The molecule has 1 saturated heterocycles. The van der Waals surface area contributed by atoms with E-state index in [1.54, 1.807) is 0 Å². The van der Waals surface area contributed by atoms with Gasteiger partial charge in [-0.15, -0.1) is 0 Å². The fraction of sp³-hybridized carbons (Fsp3) is 0.632. The van der Waals surface area contributed by atoms with Gasteiger partial charge in [0.2, 0.25) is 0 Å². The number of rotatable bonds is 8. The van der Waals surface area contributed by atoms with Gasteiger partial charge in [0.05, 0.1) is 6.61 Å². The predicted molar refractivity (Wildman–Crippen MR) is 96.7 cm³/mol. The second-order valence-corrected chi connectivity index (χ2v) is 6.20. The molecule has 0 amide bonds. The van der Waals surface area contributed by atoms with Crippen LogP contribution in [0.1, 0.15) is 44.1 Å². The van der Waals surface area contributed by atoms with E-state index < -0.39 is 0 Å². The van der Waals surface area contributed by atoms with Crippen LogP contribution in [0, 0.1) is 0 Å². The number of nitrogens with zero attached hydrogens (tertiary/aromatic N) is 2. The number of guanidine groups is 1. The highest BCUT2D eigenvalue weighted by Gasteiger charge is 2.10. The summed E-state index contributed by atoms with van der Waals surface area (Å²) in [6.45, 7) is 4.55. The summed E-state index contributed by atoms with van der Waals surface area (Å²) in [5.74, 6) is 0.733. The van der Waals surface area contributed by atoms with Crippen molar-refractivity contribution >= 4 is 5.96 Å². The first-order valence-corrected chi connectivity index (χ1v) is 9.03. The Labute approximate surface area is 140 Å². The van der Waals surface area contributed by atoms with Gasteiger partial charge >= 0.3 is 0 Å². The number of aliphatic imine (C=N–C) groups is 1. The molecule has 23 heavy (non-hydrogen) atoms. The number of nitrogens with two attached hydrogens (primary N) is 1. The zero-order valence-electron chi connectivity index (χ0n) is 14.3. The van der Waals surface area contributed by atoms with Gasteiger partial charge in [-0.25, -0.2) is 0 Å². The van der Waals surface area contributed by atoms with Gasteiger partial charge in [0, 0.05) is 26.2 Å². The minimum absolute atomic E-state index is 0.733. The molecule has 0 unspecified atom stereocenters. The van der Waals surface area contributed by atoms with Crippen LogP contribution in [0.4, 0.5) is 0 Å². The standard InChI is InChI=1S/C19H31N3O/c20-19(22-14-7-1-2-8-15-22)21-13-6-9-16-23-17-12-18-10-4-3-5-11-18/h3-5,10-11H,1-2,6-9,12-17H2,(H2,20,21). The molecule has 1 aromatic rings. The maximum Gasteiger partial charge on any atom is 0.191 e. The van der Waals surface area contributed by atoms with Crippen LogP contribution in [0.2, 0.25) is 0 Å². The third kappa shape index (κ3) is 7.51. The largest absolute Gasteiger partial charge is 0.381 e. The molecule has 0 saturated carbocycles. The Morgan fingerprint density at radius 1 is 1.00 bits per heavy atom. The molecule has 128 valence electrons. The molecule has 0 atom stereocenters. The maximum atomic E-state index is 6.09. The van der Waals surface area contributed by atoms with Crippen LogP contribution in [0.5, 0.6) is 0 Å². The van der Waals surface area contributed by atoms with E-state index in [4.69, 9.17) is 10.5 Å². The Hall–Kier alpha value is -1.55. The molecule has 0 aliphatic carbocycles. The van der Waals surface area contributed by atoms with Crippen molar-refractivity contribution < 1.29 is 4.74 Å². The van der Waals surface area contributed by atoms with E-state index in [0.717, 1.165) is 58.1 Å². The van der Waals surface area contributed by atoms with E-state index in [9.17, 15) is 0 Å². The lowest BCUT2D eigenvalue weighted by molar-refractivity contribution is 0.134. The zero-order valence-corrected chi connectivity index (χ0v) is 14.3. The molecular weight excluding hydrogens is 286 g/mol. The Morgan fingerprint density at radius 3 is 2.48 bits per heavy atom.